The minimum Gasteiger partial charge on any atom is -0.466 e. The molecule has 1 fully saturated rings. The lowest BCUT2D eigenvalue weighted by molar-refractivity contribution is 0.155. The summed E-state index contributed by atoms with van der Waals surface area (Å²) in [4.78, 5) is 14.6. The Bertz CT molecular complexity index is 734. The number of likely N-dealkylation sites (tertiary alicyclic amines) is 1. The van der Waals surface area contributed by atoms with E-state index in [0.29, 0.717) is 6.61 Å². The molecule has 3 rings (SSSR count). The Kier molecular flexibility index (Phi) is 5.18. The molecule has 136 valence electrons. The van der Waals surface area contributed by atoms with Gasteiger partial charge in [0.1, 0.15) is 29.6 Å². The number of ether oxygens (including phenoxy) is 1. The van der Waals surface area contributed by atoms with Crippen LogP contribution in [0.5, 0.6) is 0 Å². The zero-order valence-electron chi connectivity index (χ0n) is 15.3. The Morgan fingerprint density at radius 3 is 2.88 bits per heavy atom. The summed E-state index contributed by atoms with van der Waals surface area (Å²) in [6.07, 6.45) is 1.88. The lowest BCUT2D eigenvalue weighted by atomic mass is 10.1. The van der Waals surface area contributed by atoms with Gasteiger partial charge in [-0.25, -0.2) is 4.79 Å². The molecule has 1 saturated heterocycles. The van der Waals surface area contributed by atoms with Crippen molar-refractivity contribution in [3.63, 3.8) is 0 Å². The Labute approximate surface area is 148 Å². The van der Waals surface area contributed by atoms with E-state index in [1.807, 2.05) is 43.9 Å². The molecule has 0 aliphatic carbocycles. The highest BCUT2D eigenvalue weighted by atomic mass is 16.5. The van der Waals surface area contributed by atoms with Crippen molar-refractivity contribution in [1.82, 2.24) is 10.2 Å². The van der Waals surface area contributed by atoms with E-state index in [9.17, 15) is 4.79 Å². The van der Waals surface area contributed by atoms with Crippen LogP contribution in [0.15, 0.2) is 27.0 Å². The number of methoxy groups -OCH3 is 1. The van der Waals surface area contributed by atoms with Crippen molar-refractivity contribution in [2.45, 2.75) is 52.3 Å². The van der Waals surface area contributed by atoms with Gasteiger partial charge in [0.15, 0.2) is 0 Å². The topological polar surface area (TPSA) is 67.8 Å². The number of carbonyl (C=O) groups is 1. The summed E-state index contributed by atoms with van der Waals surface area (Å²) in [7, 11) is 1.64. The molecule has 0 bridgehead atoms. The van der Waals surface area contributed by atoms with Crippen molar-refractivity contribution in [3.8, 4) is 0 Å². The summed E-state index contributed by atoms with van der Waals surface area (Å²) in [6.45, 7) is 6.98. The van der Waals surface area contributed by atoms with Gasteiger partial charge in [0.25, 0.3) is 0 Å². The predicted molar refractivity (Wildman–Crippen MR) is 93.2 cm³/mol. The van der Waals surface area contributed by atoms with Crippen LogP contribution in [-0.4, -0.2) is 24.6 Å². The van der Waals surface area contributed by atoms with Crippen LogP contribution in [0.2, 0.25) is 0 Å². The maximum atomic E-state index is 12.8. The number of hydrogen-bond donors (Lipinski definition) is 1. The van der Waals surface area contributed by atoms with Crippen molar-refractivity contribution in [1.29, 1.82) is 0 Å². The molecule has 3 heterocycles. The zero-order chi connectivity index (χ0) is 18.0. The second-order valence-corrected chi connectivity index (χ2v) is 6.63. The summed E-state index contributed by atoms with van der Waals surface area (Å²) >= 11 is 0. The van der Waals surface area contributed by atoms with Crippen LogP contribution in [0.3, 0.4) is 0 Å². The number of nitrogens with zero attached hydrogens (tertiary/aromatic N) is 1. The highest BCUT2D eigenvalue weighted by Gasteiger charge is 2.33. The van der Waals surface area contributed by atoms with E-state index in [-0.39, 0.29) is 18.1 Å². The number of urea groups is 1. The molecule has 25 heavy (non-hydrogen) atoms. The third-order valence-corrected chi connectivity index (χ3v) is 4.70. The third kappa shape index (κ3) is 3.74. The first-order valence-corrected chi connectivity index (χ1v) is 8.71. The minimum atomic E-state index is -0.105. The van der Waals surface area contributed by atoms with Crippen LogP contribution in [0, 0.1) is 13.8 Å². The number of amides is 2. The van der Waals surface area contributed by atoms with Gasteiger partial charge in [-0.15, -0.1) is 0 Å². The molecule has 0 saturated carbocycles. The van der Waals surface area contributed by atoms with E-state index in [1.165, 1.54) is 0 Å². The molecule has 2 aromatic rings. The molecule has 0 aromatic carbocycles. The largest absolute Gasteiger partial charge is 0.466 e. The van der Waals surface area contributed by atoms with Crippen molar-refractivity contribution >= 4 is 6.03 Å². The summed E-state index contributed by atoms with van der Waals surface area (Å²) in [5.74, 6) is 3.30. The molecule has 6 nitrogen and oxygen atoms in total. The second kappa shape index (κ2) is 7.35. The molecule has 2 atom stereocenters. The summed E-state index contributed by atoms with van der Waals surface area (Å²) in [5, 5.41) is 3.08. The van der Waals surface area contributed by atoms with Gasteiger partial charge in [0, 0.05) is 19.2 Å². The van der Waals surface area contributed by atoms with Crippen LogP contribution >= 0.6 is 0 Å². The smallest absolute Gasteiger partial charge is 0.318 e. The van der Waals surface area contributed by atoms with Crippen molar-refractivity contribution in [2.24, 2.45) is 0 Å². The average Bonchev–Trinajstić information content (AvgIpc) is 3.26. The fourth-order valence-electron chi connectivity index (χ4n) is 3.53. The SMILES string of the molecule is COCc1ccc([C@H]2CCCN2C(=O)N[C@@H](C)c2cc(C)oc2C)o1. The quantitative estimate of drug-likeness (QED) is 0.879. The van der Waals surface area contributed by atoms with Crippen LogP contribution in [-0.2, 0) is 11.3 Å². The molecule has 1 N–H and O–H groups in total. The van der Waals surface area contributed by atoms with Crippen molar-refractivity contribution in [3.05, 3.63) is 46.8 Å². The molecule has 2 amide bonds. The van der Waals surface area contributed by atoms with Gasteiger partial charge >= 0.3 is 6.03 Å². The normalized spacial score (nSPS) is 18.6. The Hall–Kier alpha value is -2.21. The molecule has 1 aliphatic heterocycles. The summed E-state index contributed by atoms with van der Waals surface area (Å²) < 4.78 is 16.5. The predicted octanol–water partition coefficient (Wildman–Crippen LogP) is 4.24. The van der Waals surface area contributed by atoms with E-state index >= 15 is 0 Å². The number of nitrogens with one attached hydrogen (secondary N) is 1. The molecular weight excluding hydrogens is 320 g/mol. The number of rotatable bonds is 5. The van der Waals surface area contributed by atoms with Gasteiger partial charge in [0.05, 0.1) is 12.1 Å². The Morgan fingerprint density at radius 1 is 1.40 bits per heavy atom. The fraction of sp³-hybridized carbons (Fsp3) is 0.526. The zero-order valence-corrected chi connectivity index (χ0v) is 15.3. The minimum absolute atomic E-state index is 0.0232. The van der Waals surface area contributed by atoms with E-state index < -0.39 is 0 Å². The third-order valence-electron chi connectivity index (χ3n) is 4.70. The molecule has 1 aliphatic rings. The van der Waals surface area contributed by atoms with E-state index in [2.05, 4.69) is 5.32 Å². The van der Waals surface area contributed by atoms with Crippen molar-refractivity contribution in [2.75, 3.05) is 13.7 Å². The van der Waals surface area contributed by atoms with Crippen LogP contribution in [0.25, 0.3) is 0 Å². The maximum Gasteiger partial charge on any atom is 0.318 e. The van der Waals surface area contributed by atoms with Gasteiger partial charge < -0.3 is 23.8 Å². The second-order valence-electron chi connectivity index (χ2n) is 6.63. The molecule has 0 unspecified atom stereocenters. The van der Waals surface area contributed by atoms with Gasteiger partial charge in [0.2, 0.25) is 0 Å². The molecular formula is C19H26N2O4. The first kappa shape index (κ1) is 17.6. The molecule has 2 aromatic heterocycles. The molecule has 6 heteroatoms. The number of hydrogen-bond acceptors (Lipinski definition) is 4. The average molecular weight is 346 g/mol. The van der Waals surface area contributed by atoms with E-state index in [1.54, 1.807) is 7.11 Å². The monoisotopic (exact) mass is 346 g/mol. The number of furan rings is 2. The van der Waals surface area contributed by atoms with E-state index in [4.69, 9.17) is 13.6 Å². The molecule has 0 radical (unpaired) electrons. The van der Waals surface area contributed by atoms with Gasteiger partial charge in [-0.1, -0.05) is 0 Å². The lowest BCUT2D eigenvalue weighted by Crippen LogP contribution is -2.40. The Balaban J connectivity index is 1.68. The molecule has 0 spiro atoms. The first-order chi connectivity index (χ1) is 12.0. The maximum absolute atomic E-state index is 12.8. The summed E-state index contributed by atoms with van der Waals surface area (Å²) in [6, 6.07) is 5.63. The number of aryl methyl sites for hydroxylation is 2. The van der Waals surface area contributed by atoms with Gasteiger partial charge in [-0.3, -0.25) is 0 Å². The van der Waals surface area contributed by atoms with Crippen LogP contribution < -0.4 is 5.32 Å². The lowest BCUT2D eigenvalue weighted by Gasteiger charge is -2.25. The standard InChI is InChI=1S/C19H26N2O4/c1-12-10-16(14(3)24-12)13(2)20-19(22)21-9-5-6-17(21)18-8-7-15(25-18)11-23-4/h7-8,10,13,17H,5-6,9,11H2,1-4H3,(H,20,22)/t13-,17+/m0/s1. The number of carbonyl (C=O) groups excluding carboxylic acids is 1. The van der Waals surface area contributed by atoms with E-state index in [0.717, 1.165) is 48.0 Å². The van der Waals surface area contributed by atoms with Gasteiger partial charge in [-0.05, 0) is 51.8 Å². The van der Waals surface area contributed by atoms with Crippen LogP contribution in [0.1, 0.15) is 60.5 Å². The summed E-state index contributed by atoms with van der Waals surface area (Å²) in [5.41, 5.74) is 1.02. The first-order valence-electron chi connectivity index (χ1n) is 8.71. The Morgan fingerprint density at radius 2 is 2.20 bits per heavy atom. The highest BCUT2D eigenvalue weighted by molar-refractivity contribution is 5.75. The van der Waals surface area contributed by atoms with Crippen LogP contribution in [0.4, 0.5) is 4.79 Å². The fourth-order valence-corrected chi connectivity index (χ4v) is 3.53. The highest BCUT2D eigenvalue weighted by Crippen LogP contribution is 2.33. The van der Waals surface area contributed by atoms with Gasteiger partial charge in [-0.2, -0.15) is 0 Å². The van der Waals surface area contributed by atoms with Crippen molar-refractivity contribution < 1.29 is 18.4 Å².